The number of rotatable bonds is 9. The molecule has 3 rings (SSSR count). The zero-order chi connectivity index (χ0) is 21.3. The summed E-state index contributed by atoms with van der Waals surface area (Å²) in [7, 11) is 2.11. The second-order valence-electron chi connectivity index (χ2n) is 7.41. The maximum absolute atomic E-state index is 4.72. The summed E-state index contributed by atoms with van der Waals surface area (Å²) >= 11 is 0. The zero-order valence-electron chi connectivity index (χ0n) is 18.2. The molecule has 0 unspecified atom stereocenters. The van der Waals surface area contributed by atoms with Crippen molar-refractivity contribution < 1.29 is 0 Å². The SMILES string of the molecule is C=Nc1cnccc1C(C)=NCCc1ccc(N(C)c2ccc(CCC)cc2)cc1. The van der Waals surface area contributed by atoms with Gasteiger partial charge in [0.15, 0.2) is 0 Å². The van der Waals surface area contributed by atoms with Gasteiger partial charge in [-0.25, -0.2) is 0 Å². The third-order valence-electron chi connectivity index (χ3n) is 5.30. The standard InChI is InChI=1S/C26H30N4/c1-5-6-21-7-11-23(12-8-21)30(4)24-13-9-22(10-14-24)15-18-29-20(2)25-16-17-28-19-26(25)27-3/h7-14,16-17,19H,3,5-6,15,18H2,1-2,4H3. The minimum Gasteiger partial charge on any atom is -0.345 e. The average Bonchev–Trinajstić information content (AvgIpc) is 2.79. The molecule has 1 aromatic heterocycles. The normalized spacial score (nSPS) is 11.4. The van der Waals surface area contributed by atoms with Crippen LogP contribution in [0.5, 0.6) is 0 Å². The van der Waals surface area contributed by atoms with Crippen LogP contribution >= 0.6 is 0 Å². The number of benzene rings is 2. The highest BCUT2D eigenvalue weighted by atomic mass is 15.1. The summed E-state index contributed by atoms with van der Waals surface area (Å²) in [6.45, 7) is 8.56. The molecule has 0 N–H and O–H groups in total. The van der Waals surface area contributed by atoms with Gasteiger partial charge in [0.2, 0.25) is 0 Å². The first-order valence-electron chi connectivity index (χ1n) is 10.5. The van der Waals surface area contributed by atoms with Gasteiger partial charge >= 0.3 is 0 Å². The van der Waals surface area contributed by atoms with Crippen LogP contribution in [0.4, 0.5) is 17.1 Å². The Labute approximate surface area is 180 Å². The van der Waals surface area contributed by atoms with Crippen LogP contribution in [0.2, 0.25) is 0 Å². The third-order valence-corrected chi connectivity index (χ3v) is 5.30. The van der Waals surface area contributed by atoms with Gasteiger partial charge in [0, 0.05) is 42.4 Å². The van der Waals surface area contributed by atoms with E-state index in [1.54, 1.807) is 12.4 Å². The summed E-state index contributed by atoms with van der Waals surface area (Å²) in [6, 6.07) is 19.5. The van der Waals surface area contributed by atoms with E-state index in [9.17, 15) is 0 Å². The van der Waals surface area contributed by atoms with Gasteiger partial charge in [-0.3, -0.25) is 15.0 Å². The lowest BCUT2D eigenvalue weighted by Crippen LogP contribution is -2.09. The number of hydrogen-bond donors (Lipinski definition) is 0. The van der Waals surface area contributed by atoms with Crippen LogP contribution in [0.15, 0.2) is 77.0 Å². The van der Waals surface area contributed by atoms with Crippen LogP contribution in [-0.4, -0.2) is 31.0 Å². The predicted octanol–water partition coefficient (Wildman–Crippen LogP) is 6.19. The van der Waals surface area contributed by atoms with Crippen molar-refractivity contribution in [3.63, 3.8) is 0 Å². The lowest BCUT2D eigenvalue weighted by molar-refractivity contribution is 0.921. The molecule has 4 nitrogen and oxygen atoms in total. The van der Waals surface area contributed by atoms with Gasteiger partial charge in [-0.15, -0.1) is 0 Å². The summed E-state index contributed by atoms with van der Waals surface area (Å²) in [4.78, 5) is 15.1. The van der Waals surface area contributed by atoms with Gasteiger partial charge in [-0.05, 0) is 67.9 Å². The molecule has 0 saturated heterocycles. The summed E-state index contributed by atoms with van der Waals surface area (Å²) in [5.41, 5.74) is 7.77. The van der Waals surface area contributed by atoms with Gasteiger partial charge in [0.25, 0.3) is 0 Å². The fourth-order valence-corrected chi connectivity index (χ4v) is 3.47. The van der Waals surface area contributed by atoms with Crippen LogP contribution in [0, 0.1) is 0 Å². The van der Waals surface area contributed by atoms with E-state index in [4.69, 9.17) is 4.99 Å². The lowest BCUT2D eigenvalue weighted by Gasteiger charge is -2.20. The minimum absolute atomic E-state index is 0.735. The predicted molar refractivity (Wildman–Crippen MR) is 129 cm³/mol. The highest BCUT2D eigenvalue weighted by molar-refractivity contribution is 6.02. The zero-order valence-corrected chi connectivity index (χ0v) is 18.2. The topological polar surface area (TPSA) is 40.9 Å². The highest BCUT2D eigenvalue weighted by Gasteiger charge is 2.06. The van der Waals surface area contributed by atoms with Crippen LogP contribution < -0.4 is 4.90 Å². The van der Waals surface area contributed by atoms with Crippen LogP contribution in [0.3, 0.4) is 0 Å². The molecule has 4 heteroatoms. The van der Waals surface area contributed by atoms with Crippen molar-refractivity contribution in [1.29, 1.82) is 0 Å². The molecule has 2 aromatic carbocycles. The molecule has 0 aliphatic carbocycles. The van der Waals surface area contributed by atoms with E-state index in [0.29, 0.717) is 0 Å². The van der Waals surface area contributed by atoms with Crippen molar-refractivity contribution >= 4 is 29.5 Å². The smallest absolute Gasteiger partial charge is 0.0895 e. The lowest BCUT2D eigenvalue weighted by atomic mass is 10.1. The Morgan fingerprint density at radius 2 is 1.53 bits per heavy atom. The van der Waals surface area contributed by atoms with Crippen LogP contribution in [0.25, 0.3) is 0 Å². The highest BCUT2D eigenvalue weighted by Crippen LogP contribution is 2.24. The quantitative estimate of drug-likeness (QED) is 0.403. The molecule has 0 spiro atoms. The third kappa shape index (κ3) is 5.41. The molecule has 0 saturated carbocycles. The maximum atomic E-state index is 4.72. The number of aryl methyl sites for hydroxylation is 1. The molecule has 0 aliphatic heterocycles. The van der Waals surface area contributed by atoms with Crippen LogP contribution in [0.1, 0.15) is 37.0 Å². The number of aromatic nitrogens is 1. The van der Waals surface area contributed by atoms with Gasteiger partial charge in [0.1, 0.15) is 0 Å². The summed E-state index contributed by atoms with van der Waals surface area (Å²) in [5.74, 6) is 0. The van der Waals surface area contributed by atoms with E-state index in [1.807, 2.05) is 13.0 Å². The van der Waals surface area contributed by atoms with E-state index < -0.39 is 0 Å². The van der Waals surface area contributed by atoms with E-state index >= 15 is 0 Å². The number of aliphatic imine (C=N–C) groups is 2. The van der Waals surface area contributed by atoms with E-state index in [-0.39, 0.29) is 0 Å². The Hall–Kier alpha value is -3.27. The van der Waals surface area contributed by atoms with Crippen molar-refractivity contribution in [3.8, 4) is 0 Å². The maximum Gasteiger partial charge on any atom is 0.0895 e. The summed E-state index contributed by atoms with van der Waals surface area (Å²) in [6.07, 6.45) is 6.68. The molecular formula is C26H30N4. The summed E-state index contributed by atoms with van der Waals surface area (Å²) < 4.78 is 0. The largest absolute Gasteiger partial charge is 0.345 e. The molecule has 0 bridgehead atoms. The first-order valence-corrected chi connectivity index (χ1v) is 10.5. The second-order valence-corrected chi connectivity index (χ2v) is 7.41. The molecule has 3 aromatic rings. The fraction of sp³-hybridized carbons (Fsp3) is 0.269. The van der Waals surface area contributed by atoms with Crippen molar-refractivity contribution in [2.75, 3.05) is 18.5 Å². The van der Waals surface area contributed by atoms with Crippen LogP contribution in [-0.2, 0) is 12.8 Å². The Kier molecular flexibility index (Phi) is 7.50. The van der Waals surface area contributed by atoms with E-state index in [0.717, 1.165) is 36.3 Å². The molecule has 0 fully saturated rings. The monoisotopic (exact) mass is 398 g/mol. The molecular weight excluding hydrogens is 368 g/mol. The van der Waals surface area contributed by atoms with Crippen molar-refractivity contribution in [2.45, 2.75) is 33.1 Å². The fourth-order valence-electron chi connectivity index (χ4n) is 3.47. The van der Waals surface area contributed by atoms with E-state index in [2.05, 4.69) is 84.1 Å². The molecule has 0 aliphatic rings. The van der Waals surface area contributed by atoms with Crippen molar-refractivity contribution in [2.24, 2.45) is 9.98 Å². The number of nitrogens with zero attached hydrogens (tertiary/aromatic N) is 4. The Balaban J connectivity index is 1.61. The average molecular weight is 399 g/mol. The Morgan fingerprint density at radius 1 is 0.933 bits per heavy atom. The molecule has 30 heavy (non-hydrogen) atoms. The number of anilines is 2. The number of hydrogen-bond acceptors (Lipinski definition) is 4. The molecule has 1 heterocycles. The summed E-state index contributed by atoms with van der Waals surface area (Å²) in [5, 5.41) is 0. The van der Waals surface area contributed by atoms with E-state index in [1.165, 1.54) is 28.9 Å². The number of pyridine rings is 1. The first-order chi connectivity index (χ1) is 14.6. The van der Waals surface area contributed by atoms with Crippen molar-refractivity contribution in [3.05, 3.63) is 83.7 Å². The van der Waals surface area contributed by atoms with Gasteiger partial charge < -0.3 is 4.90 Å². The van der Waals surface area contributed by atoms with Gasteiger partial charge in [0.05, 0.1) is 11.9 Å². The molecule has 0 atom stereocenters. The van der Waals surface area contributed by atoms with Gasteiger partial charge in [-0.2, -0.15) is 0 Å². The first kappa shape index (κ1) is 21.4. The molecule has 154 valence electrons. The second kappa shape index (κ2) is 10.5. The van der Waals surface area contributed by atoms with Crippen molar-refractivity contribution in [1.82, 2.24) is 4.98 Å². The van der Waals surface area contributed by atoms with Gasteiger partial charge in [-0.1, -0.05) is 37.6 Å². The Bertz CT molecular complexity index is 988. The Morgan fingerprint density at radius 3 is 2.10 bits per heavy atom. The minimum atomic E-state index is 0.735. The molecule has 0 amide bonds. The molecule has 0 radical (unpaired) electrons.